The van der Waals surface area contributed by atoms with Crippen molar-refractivity contribution in [3.8, 4) is 5.75 Å². The summed E-state index contributed by atoms with van der Waals surface area (Å²) in [4.78, 5) is 24.1. The van der Waals surface area contributed by atoms with E-state index in [0.717, 1.165) is 10.0 Å². The molecule has 7 heteroatoms. The molecule has 0 radical (unpaired) electrons. The van der Waals surface area contributed by atoms with E-state index in [2.05, 4.69) is 26.5 Å². The first-order valence-corrected chi connectivity index (χ1v) is 9.35. The minimum absolute atomic E-state index is 0.362. The van der Waals surface area contributed by atoms with Crippen molar-refractivity contribution in [3.63, 3.8) is 0 Å². The molecule has 0 heterocycles. The molecule has 0 saturated carbocycles. The minimum atomic E-state index is -0.442. The molecule has 140 valence electrons. The summed E-state index contributed by atoms with van der Waals surface area (Å²) in [7, 11) is 0. The van der Waals surface area contributed by atoms with Gasteiger partial charge in [0.05, 0.1) is 11.8 Å². The Balaban J connectivity index is 1.56. The normalized spacial score (nSPS) is 10.6. The number of hydrogen-bond acceptors (Lipinski definition) is 4. The van der Waals surface area contributed by atoms with E-state index >= 15 is 0 Å². The molecule has 0 aliphatic rings. The number of esters is 1. The fraction of sp³-hybridized carbons (Fsp3) is 0. The Morgan fingerprint density at radius 3 is 2.36 bits per heavy atom. The average molecular weight is 458 g/mol. The lowest BCUT2D eigenvalue weighted by Crippen LogP contribution is -2.17. The summed E-state index contributed by atoms with van der Waals surface area (Å²) < 4.78 is 6.21. The Labute approximate surface area is 175 Å². The molecule has 0 saturated heterocycles. The summed E-state index contributed by atoms with van der Waals surface area (Å²) in [6.07, 6.45) is 1.49. The summed E-state index contributed by atoms with van der Waals surface area (Å²) in [5.74, 6) is -0.394. The summed E-state index contributed by atoms with van der Waals surface area (Å²) in [6, 6.07) is 20.2. The Morgan fingerprint density at radius 1 is 0.964 bits per heavy atom. The van der Waals surface area contributed by atoms with Crippen molar-refractivity contribution in [3.05, 3.63) is 99.0 Å². The molecule has 5 nitrogen and oxygen atoms in total. The predicted molar refractivity (Wildman–Crippen MR) is 112 cm³/mol. The maximum absolute atomic E-state index is 12.1. The molecular weight excluding hydrogens is 444 g/mol. The van der Waals surface area contributed by atoms with Crippen LogP contribution in [0.4, 0.5) is 0 Å². The molecule has 28 heavy (non-hydrogen) atoms. The molecular formula is C21H14BrClN2O3. The summed E-state index contributed by atoms with van der Waals surface area (Å²) in [6.45, 7) is 0. The molecule has 1 amide bonds. The second-order valence-electron chi connectivity index (χ2n) is 5.67. The number of rotatable bonds is 5. The van der Waals surface area contributed by atoms with Gasteiger partial charge >= 0.3 is 5.97 Å². The largest absolute Gasteiger partial charge is 0.423 e. The van der Waals surface area contributed by atoms with Crippen LogP contribution in [0.25, 0.3) is 0 Å². The molecule has 0 bridgehead atoms. The summed E-state index contributed by atoms with van der Waals surface area (Å²) in [5.41, 5.74) is 4.03. The lowest BCUT2D eigenvalue weighted by Gasteiger charge is -2.05. The maximum atomic E-state index is 12.1. The SMILES string of the molecule is O=C(N/N=C\c1ccc(OC(=O)c2ccc(Br)cc2)cc1)c1cccc(Cl)c1. The number of carbonyl (C=O) groups is 2. The second kappa shape index (κ2) is 9.30. The lowest BCUT2D eigenvalue weighted by molar-refractivity contribution is 0.0734. The second-order valence-corrected chi connectivity index (χ2v) is 7.03. The Hall–Kier alpha value is -2.96. The van der Waals surface area contributed by atoms with Crippen molar-refractivity contribution in [1.82, 2.24) is 5.43 Å². The third-order valence-electron chi connectivity index (χ3n) is 3.64. The zero-order valence-electron chi connectivity index (χ0n) is 14.4. The number of nitrogens with zero attached hydrogens (tertiary/aromatic N) is 1. The van der Waals surface area contributed by atoms with Crippen molar-refractivity contribution in [1.29, 1.82) is 0 Å². The van der Waals surface area contributed by atoms with Gasteiger partial charge in [-0.15, -0.1) is 0 Å². The fourth-order valence-electron chi connectivity index (χ4n) is 2.23. The highest BCUT2D eigenvalue weighted by Gasteiger charge is 2.08. The van der Waals surface area contributed by atoms with E-state index < -0.39 is 5.97 Å². The highest BCUT2D eigenvalue weighted by Crippen LogP contribution is 2.16. The van der Waals surface area contributed by atoms with Gasteiger partial charge in [-0.2, -0.15) is 5.10 Å². The van der Waals surface area contributed by atoms with E-state index in [9.17, 15) is 9.59 Å². The summed E-state index contributed by atoms with van der Waals surface area (Å²) >= 11 is 9.18. The van der Waals surface area contributed by atoms with Gasteiger partial charge in [0.15, 0.2) is 0 Å². The quantitative estimate of drug-likeness (QED) is 0.251. The van der Waals surface area contributed by atoms with Gasteiger partial charge in [-0.3, -0.25) is 4.79 Å². The number of amides is 1. The van der Waals surface area contributed by atoms with Crippen LogP contribution in [0, 0.1) is 0 Å². The smallest absolute Gasteiger partial charge is 0.343 e. The van der Waals surface area contributed by atoms with Crippen LogP contribution in [0.1, 0.15) is 26.3 Å². The van der Waals surface area contributed by atoms with Gasteiger partial charge in [0.1, 0.15) is 5.75 Å². The van der Waals surface area contributed by atoms with Crippen LogP contribution in [-0.4, -0.2) is 18.1 Å². The summed E-state index contributed by atoms with van der Waals surface area (Å²) in [5, 5.41) is 4.39. The number of hydrogen-bond donors (Lipinski definition) is 1. The number of nitrogens with one attached hydrogen (secondary N) is 1. The zero-order chi connectivity index (χ0) is 19.9. The number of halogens is 2. The number of benzene rings is 3. The van der Waals surface area contributed by atoms with Crippen molar-refractivity contribution in [2.75, 3.05) is 0 Å². The molecule has 3 aromatic rings. The van der Waals surface area contributed by atoms with E-state index in [-0.39, 0.29) is 5.91 Å². The minimum Gasteiger partial charge on any atom is -0.423 e. The zero-order valence-corrected chi connectivity index (χ0v) is 16.8. The first-order valence-electron chi connectivity index (χ1n) is 8.18. The molecule has 0 aliphatic heterocycles. The molecule has 0 atom stereocenters. The molecule has 0 fully saturated rings. The monoisotopic (exact) mass is 456 g/mol. The topological polar surface area (TPSA) is 67.8 Å². The molecule has 0 aliphatic carbocycles. The van der Waals surface area contributed by atoms with Gasteiger partial charge in [-0.05, 0) is 72.3 Å². The van der Waals surface area contributed by atoms with Crippen molar-refractivity contribution in [2.45, 2.75) is 0 Å². The lowest BCUT2D eigenvalue weighted by atomic mass is 10.2. The number of carbonyl (C=O) groups excluding carboxylic acids is 2. The highest BCUT2D eigenvalue weighted by molar-refractivity contribution is 9.10. The van der Waals surface area contributed by atoms with E-state index in [1.54, 1.807) is 72.8 Å². The van der Waals surface area contributed by atoms with Crippen molar-refractivity contribution < 1.29 is 14.3 Å². The van der Waals surface area contributed by atoms with Gasteiger partial charge in [0, 0.05) is 15.1 Å². The highest BCUT2D eigenvalue weighted by atomic mass is 79.9. The Morgan fingerprint density at radius 2 is 1.68 bits per heavy atom. The van der Waals surface area contributed by atoms with Crippen LogP contribution in [0.2, 0.25) is 5.02 Å². The maximum Gasteiger partial charge on any atom is 0.343 e. The van der Waals surface area contributed by atoms with Gasteiger partial charge in [0.25, 0.3) is 5.91 Å². The molecule has 1 N–H and O–H groups in total. The predicted octanol–water partition coefficient (Wildman–Crippen LogP) is 5.09. The molecule has 0 spiro atoms. The number of hydrazone groups is 1. The molecule has 3 aromatic carbocycles. The average Bonchev–Trinajstić information content (AvgIpc) is 2.69. The Bertz CT molecular complexity index is 1020. The van der Waals surface area contributed by atoms with E-state index in [1.165, 1.54) is 6.21 Å². The molecule has 0 aromatic heterocycles. The van der Waals surface area contributed by atoms with Crippen LogP contribution in [0.3, 0.4) is 0 Å². The van der Waals surface area contributed by atoms with E-state index in [4.69, 9.17) is 16.3 Å². The van der Waals surface area contributed by atoms with Crippen LogP contribution >= 0.6 is 27.5 Å². The number of ether oxygens (including phenoxy) is 1. The van der Waals surface area contributed by atoms with Crippen molar-refractivity contribution >= 4 is 45.6 Å². The third kappa shape index (κ3) is 5.52. The van der Waals surface area contributed by atoms with E-state index in [0.29, 0.717) is 21.9 Å². The van der Waals surface area contributed by atoms with Gasteiger partial charge in [-0.25, -0.2) is 10.2 Å². The van der Waals surface area contributed by atoms with Crippen LogP contribution in [0.5, 0.6) is 5.75 Å². The van der Waals surface area contributed by atoms with E-state index in [1.807, 2.05) is 0 Å². The van der Waals surface area contributed by atoms with Crippen molar-refractivity contribution in [2.24, 2.45) is 5.10 Å². The van der Waals surface area contributed by atoms with Crippen LogP contribution in [-0.2, 0) is 0 Å². The molecule has 3 rings (SSSR count). The van der Waals surface area contributed by atoms with Crippen LogP contribution < -0.4 is 10.2 Å². The third-order valence-corrected chi connectivity index (χ3v) is 4.40. The first kappa shape index (κ1) is 19.8. The van der Waals surface area contributed by atoms with Gasteiger partial charge in [-0.1, -0.05) is 33.6 Å². The molecule has 0 unspecified atom stereocenters. The fourth-order valence-corrected chi connectivity index (χ4v) is 2.69. The Kier molecular flexibility index (Phi) is 6.57. The standard InChI is InChI=1S/C21H14BrClN2O3/c22-17-8-6-15(7-9-17)21(27)28-19-10-4-14(5-11-19)13-24-25-20(26)16-2-1-3-18(23)12-16/h1-13H,(H,25,26)/b24-13-. The van der Waals surface area contributed by atoms with Crippen LogP contribution in [0.15, 0.2) is 82.4 Å². The van der Waals surface area contributed by atoms with Gasteiger partial charge < -0.3 is 4.74 Å². The first-order chi connectivity index (χ1) is 13.5. The van der Waals surface area contributed by atoms with Gasteiger partial charge in [0.2, 0.25) is 0 Å².